The quantitative estimate of drug-likeness (QED) is 0.804. The lowest BCUT2D eigenvalue weighted by Crippen LogP contribution is -2.20. The largest absolute Gasteiger partial charge is 0.497 e. The minimum Gasteiger partial charge on any atom is -0.497 e. The molecule has 1 N–H and O–H groups in total. The van der Waals surface area contributed by atoms with Gasteiger partial charge in [0.25, 0.3) is 0 Å². The Morgan fingerprint density at radius 3 is 2.80 bits per heavy atom. The Morgan fingerprint density at radius 1 is 1.60 bits per heavy atom. The number of thiol groups is 1. The molecule has 0 aliphatic heterocycles. The van der Waals surface area contributed by atoms with Gasteiger partial charge in [-0.25, -0.2) is 0 Å². The van der Waals surface area contributed by atoms with E-state index in [-0.39, 0.29) is 11.2 Å². The molecule has 0 bridgehead atoms. The van der Waals surface area contributed by atoms with Crippen molar-refractivity contribution in [1.82, 2.24) is 0 Å². The van der Waals surface area contributed by atoms with Crippen LogP contribution in [0.5, 0.6) is 5.75 Å². The van der Waals surface area contributed by atoms with Crippen LogP contribution >= 0.6 is 24.2 Å². The minimum absolute atomic E-state index is 0.200. The van der Waals surface area contributed by atoms with Gasteiger partial charge < -0.3 is 10.1 Å². The van der Waals surface area contributed by atoms with E-state index in [4.69, 9.17) is 16.3 Å². The molecule has 1 atom stereocenters. The van der Waals surface area contributed by atoms with Crippen LogP contribution in [-0.4, -0.2) is 18.3 Å². The first-order valence-electron chi connectivity index (χ1n) is 4.37. The molecule has 1 rings (SSSR count). The van der Waals surface area contributed by atoms with Gasteiger partial charge in [-0.3, -0.25) is 4.79 Å². The summed E-state index contributed by atoms with van der Waals surface area (Å²) in [6.45, 7) is 1.69. The topological polar surface area (TPSA) is 38.3 Å². The lowest BCUT2D eigenvalue weighted by atomic mass is 10.3. The highest BCUT2D eigenvalue weighted by Crippen LogP contribution is 2.26. The summed E-state index contributed by atoms with van der Waals surface area (Å²) in [6.07, 6.45) is 0. The van der Waals surface area contributed by atoms with E-state index in [1.54, 1.807) is 32.2 Å². The Morgan fingerprint density at radius 2 is 2.27 bits per heavy atom. The number of ether oxygens (including phenoxy) is 1. The van der Waals surface area contributed by atoms with Crippen molar-refractivity contribution >= 4 is 35.8 Å². The lowest BCUT2D eigenvalue weighted by molar-refractivity contribution is -0.115. The number of benzene rings is 1. The van der Waals surface area contributed by atoms with Gasteiger partial charge in [0.1, 0.15) is 5.75 Å². The maximum absolute atomic E-state index is 11.4. The number of anilines is 1. The molecule has 1 aromatic carbocycles. The second-order valence-electron chi connectivity index (χ2n) is 3.01. The molecule has 0 radical (unpaired) electrons. The minimum atomic E-state index is -0.382. The normalized spacial score (nSPS) is 12.0. The summed E-state index contributed by atoms with van der Waals surface area (Å²) in [6, 6.07) is 5.05. The third kappa shape index (κ3) is 3.32. The summed E-state index contributed by atoms with van der Waals surface area (Å²) in [5.74, 6) is 0.440. The molecule has 3 nitrogen and oxygen atoms in total. The van der Waals surface area contributed by atoms with E-state index in [1.807, 2.05) is 0 Å². The van der Waals surface area contributed by atoms with Crippen LogP contribution in [0.15, 0.2) is 18.2 Å². The smallest absolute Gasteiger partial charge is 0.236 e. The number of amides is 1. The average Bonchev–Trinajstić information content (AvgIpc) is 2.21. The molecule has 1 unspecified atom stereocenters. The summed E-state index contributed by atoms with van der Waals surface area (Å²) >= 11 is 9.93. The highest BCUT2D eigenvalue weighted by molar-refractivity contribution is 7.81. The van der Waals surface area contributed by atoms with E-state index in [2.05, 4.69) is 17.9 Å². The number of carbonyl (C=O) groups is 1. The molecular formula is C10H12ClNO2S. The molecule has 0 fully saturated rings. The Labute approximate surface area is 99.2 Å². The number of hydrogen-bond acceptors (Lipinski definition) is 3. The van der Waals surface area contributed by atoms with Gasteiger partial charge in [-0.05, 0) is 19.1 Å². The Balaban J connectivity index is 2.88. The SMILES string of the molecule is COc1ccc(Cl)c(NC(=O)C(C)S)c1. The third-order valence-corrected chi connectivity index (χ3v) is 2.37. The van der Waals surface area contributed by atoms with E-state index in [0.29, 0.717) is 16.5 Å². The average molecular weight is 246 g/mol. The van der Waals surface area contributed by atoms with Gasteiger partial charge in [0.15, 0.2) is 0 Å². The van der Waals surface area contributed by atoms with Gasteiger partial charge in [-0.1, -0.05) is 11.6 Å². The van der Waals surface area contributed by atoms with Gasteiger partial charge in [-0.2, -0.15) is 12.6 Å². The third-order valence-electron chi connectivity index (χ3n) is 1.81. The zero-order valence-corrected chi connectivity index (χ0v) is 10.1. The number of methoxy groups -OCH3 is 1. The molecule has 15 heavy (non-hydrogen) atoms. The number of rotatable bonds is 3. The van der Waals surface area contributed by atoms with Crippen LogP contribution in [0.25, 0.3) is 0 Å². The van der Waals surface area contributed by atoms with E-state index in [9.17, 15) is 4.79 Å². The molecule has 5 heteroatoms. The summed E-state index contributed by atoms with van der Waals surface area (Å²) in [4.78, 5) is 11.4. The number of hydrogen-bond donors (Lipinski definition) is 2. The fourth-order valence-corrected chi connectivity index (χ4v) is 1.19. The van der Waals surface area contributed by atoms with Crippen molar-refractivity contribution in [2.24, 2.45) is 0 Å². The van der Waals surface area contributed by atoms with Crippen LogP contribution < -0.4 is 10.1 Å². The lowest BCUT2D eigenvalue weighted by Gasteiger charge is -2.10. The molecule has 1 aromatic rings. The Hall–Kier alpha value is -0.870. The van der Waals surface area contributed by atoms with Gasteiger partial charge in [0, 0.05) is 6.07 Å². The van der Waals surface area contributed by atoms with Gasteiger partial charge in [-0.15, -0.1) is 0 Å². The van der Waals surface area contributed by atoms with Crippen LogP contribution in [0.2, 0.25) is 5.02 Å². The molecule has 0 aliphatic rings. The molecule has 0 spiro atoms. The summed E-state index contributed by atoms with van der Waals surface area (Å²) in [5, 5.41) is 2.75. The van der Waals surface area contributed by atoms with Crippen LogP contribution in [0.1, 0.15) is 6.92 Å². The standard InChI is InChI=1S/C10H12ClNO2S/c1-6(15)10(13)12-9-5-7(14-2)3-4-8(9)11/h3-6,15H,1-2H3,(H,12,13). The predicted octanol–water partition coefficient (Wildman–Crippen LogP) is 2.61. The van der Waals surface area contributed by atoms with E-state index >= 15 is 0 Å². The highest BCUT2D eigenvalue weighted by atomic mass is 35.5. The van der Waals surface area contributed by atoms with Crippen molar-refractivity contribution in [3.8, 4) is 5.75 Å². The molecular weight excluding hydrogens is 234 g/mol. The summed E-state index contributed by atoms with van der Waals surface area (Å²) < 4.78 is 5.02. The summed E-state index contributed by atoms with van der Waals surface area (Å²) in [7, 11) is 1.55. The molecule has 1 amide bonds. The second-order valence-corrected chi connectivity index (χ2v) is 4.19. The Kier molecular flexibility index (Phi) is 4.29. The van der Waals surface area contributed by atoms with Crippen LogP contribution in [0.4, 0.5) is 5.69 Å². The fourth-order valence-electron chi connectivity index (χ4n) is 0.964. The number of nitrogens with one attached hydrogen (secondary N) is 1. The maximum Gasteiger partial charge on any atom is 0.236 e. The van der Waals surface area contributed by atoms with Crippen LogP contribution in [0.3, 0.4) is 0 Å². The van der Waals surface area contributed by atoms with Crippen molar-refractivity contribution in [1.29, 1.82) is 0 Å². The van der Waals surface area contributed by atoms with Crippen molar-refractivity contribution < 1.29 is 9.53 Å². The van der Waals surface area contributed by atoms with E-state index in [1.165, 1.54) is 0 Å². The van der Waals surface area contributed by atoms with Crippen molar-refractivity contribution in [2.75, 3.05) is 12.4 Å². The van der Waals surface area contributed by atoms with Crippen LogP contribution in [-0.2, 0) is 4.79 Å². The summed E-state index contributed by atoms with van der Waals surface area (Å²) in [5.41, 5.74) is 0.530. The molecule has 82 valence electrons. The van der Waals surface area contributed by atoms with Gasteiger partial charge in [0.2, 0.25) is 5.91 Å². The first-order valence-corrected chi connectivity index (χ1v) is 5.26. The van der Waals surface area contributed by atoms with Gasteiger partial charge in [0.05, 0.1) is 23.1 Å². The molecule has 0 aliphatic carbocycles. The zero-order valence-electron chi connectivity index (χ0n) is 8.45. The molecule has 0 heterocycles. The van der Waals surface area contributed by atoms with Crippen molar-refractivity contribution in [3.05, 3.63) is 23.2 Å². The first kappa shape index (κ1) is 12.2. The van der Waals surface area contributed by atoms with Crippen molar-refractivity contribution in [3.63, 3.8) is 0 Å². The molecule has 0 saturated carbocycles. The Bertz CT molecular complexity index is 368. The molecule has 0 saturated heterocycles. The maximum atomic E-state index is 11.4. The second kappa shape index (κ2) is 5.28. The highest BCUT2D eigenvalue weighted by Gasteiger charge is 2.10. The predicted molar refractivity (Wildman–Crippen MR) is 65.1 cm³/mol. The zero-order chi connectivity index (χ0) is 11.4. The van der Waals surface area contributed by atoms with Gasteiger partial charge >= 0.3 is 0 Å². The molecule has 0 aromatic heterocycles. The number of halogens is 1. The monoisotopic (exact) mass is 245 g/mol. The van der Waals surface area contributed by atoms with Crippen LogP contribution in [0, 0.1) is 0 Å². The van der Waals surface area contributed by atoms with Crippen molar-refractivity contribution in [2.45, 2.75) is 12.2 Å². The van der Waals surface area contributed by atoms with E-state index in [0.717, 1.165) is 0 Å². The first-order chi connectivity index (χ1) is 7.04. The number of carbonyl (C=O) groups excluding carboxylic acids is 1. The fraction of sp³-hybridized carbons (Fsp3) is 0.300. The van der Waals surface area contributed by atoms with E-state index < -0.39 is 0 Å².